The number of Topliss-reactive ketones (excluding diaryl/α,β-unsaturated/α-hetero) is 1. The lowest BCUT2D eigenvalue weighted by Crippen LogP contribution is -2.62. The number of non-ortho nitro benzene ring substituents is 1. The Hall–Kier alpha value is -2.22. The molecule has 0 N–H and O–H groups in total. The van der Waals surface area contributed by atoms with Gasteiger partial charge in [-0.25, -0.2) is 0 Å². The number of rotatable bonds is 2. The van der Waals surface area contributed by atoms with Gasteiger partial charge in [-0.05, 0) is 31.5 Å². The normalized spacial score (nSPS) is 23.6. The maximum atomic E-state index is 12.3. The summed E-state index contributed by atoms with van der Waals surface area (Å²) in [4.78, 5) is 30.0. The van der Waals surface area contributed by atoms with Gasteiger partial charge >= 0.3 is 5.00 Å². The van der Waals surface area contributed by atoms with E-state index in [1.165, 1.54) is 19.9 Å². The van der Waals surface area contributed by atoms with E-state index in [1.54, 1.807) is 0 Å². The molecule has 8 nitrogen and oxygen atoms in total. The molecule has 1 aromatic rings. The first-order valence-corrected chi connectivity index (χ1v) is 5.84. The van der Waals surface area contributed by atoms with Crippen molar-refractivity contribution in [1.82, 2.24) is 0 Å². The number of nitro benzene ring substituents is 1. The molecule has 0 aliphatic carbocycles. The molecule has 0 aromatic heterocycles. The Morgan fingerprint density at radius 2 is 1.85 bits per heavy atom. The van der Waals surface area contributed by atoms with E-state index < -0.39 is 26.2 Å². The predicted molar refractivity (Wildman–Crippen MR) is 67.7 cm³/mol. The minimum Gasteiger partial charge on any atom is -0.478 e. The molecule has 0 saturated carbocycles. The van der Waals surface area contributed by atoms with Crippen LogP contribution in [-0.2, 0) is 0 Å². The minimum atomic E-state index is -2.53. The highest BCUT2D eigenvalue weighted by Crippen LogP contribution is 2.44. The highest BCUT2D eigenvalue weighted by molar-refractivity contribution is 6.38. The number of fused-ring (bicyclic) bond motifs is 1. The molecule has 0 radical (unpaired) electrons. The molecule has 2 rings (SSSR count). The number of halogens is 1. The van der Waals surface area contributed by atoms with Crippen molar-refractivity contribution in [2.45, 2.75) is 24.4 Å². The molecule has 1 aliphatic heterocycles. The van der Waals surface area contributed by atoms with Gasteiger partial charge in [0.25, 0.3) is 11.5 Å². The molecule has 9 heteroatoms. The molecular formula is C11H9ClN2O6. The predicted octanol–water partition coefficient (Wildman–Crippen LogP) is 2.16. The van der Waals surface area contributed by atoms with Crippen LogP contribution >= 0.6 is 11.6 Å². The quantitative estimate of drug-likeness (QED) is 0.358. The average molecular weight is 301 g/mol. The van der Waals surface area contributed by atoms with E-state index in [0.717, 1.165) is 12.1 Å². The largest absolute Gasteiger partial charge is 0.478 e. The third-order valence-corrected chi connectivity index (χ3v) is 3.90. The second-order valence-electron chi connectivity index (χ2n) is 4.76. The van der Waals surface area contributed by atoms with Gasteiger partial charge in [-0.1, -0.05) is 0 Å². The number of nitrogens with zero attached hydrogens (tertiary/aromatic N) is 2. The first kappa shape index (κ1) is 14.2. The first-order chi connectivity index (χ1) is 9.11. The minimum absolute atomic E-state index is 0.0312. The summed E-state index contributed by atoms with van der Waals surface area (Å²) < 4.78 is 5.38. The monoisotopic (exact) mass is 300 g/mol. The SMILES string of the molecule is CC1(C)Oc2ccc([N+](=O)[O-])cc2C(=O)C1(Cl)[N+](=O)[O-]. The van der Waals surface area contributed by atoms with Gasteiger partial charge in [-0.2, -0.15) is 0 Å². The number of carbonyl (C=O) groups is 1. The topological polar surface area (TPSA) is 113 Å². The summed E-state index contributed by atoms with van der Waals surface area (Å²) in [5.74, 6) is -0.997. The zero-order valence-electron chi connectivity index (χ0n) is 10.5. The van der Waals surface area contributed by atoms with Crippen molar-refractivity contribution in [3.63, 3.8) is 0 Å². The van der Waals surface area contributed by atoms with Crippen molar-refractivity contribution in [2.24, 2.45) is 0 Å². The molecule has 0 fully saturated rings. The maximum absolute atomic E-state index is 12.3. The fourth-order valence-corrected chi connectivity index (χ4v) is 2.14. The molecule has 0 saturated heterocycles. The van der Waals surface area contributed by atoms with Crippen LogP contribution < -0.4 is 4.74 Å². The van der Waals surface area contributed by atoms with Gasteiger partial charge in [-0.3, -0.25) is 25.0 Å². The lowest BCUT2D eigenvalue weighted by Gasteiger charge is -2.37. The summed E-state index contributed by atoms with van der Waals surface area (Å²) in [6.45, 7) is 2.62. The van der Waals surface area contributed by atoms with Crippen molar-refractivity contribution < 1.29 is 19.4 Å². The Labute approximate surface area is 117 Å². The fourth-order valence-electron chi connectivity index (χ4n) is 2.00. The van der Waals surface area contributed by atoms with Crippen LogP contribution in [0.4, 0.5) is 5.69 Å². The van der Waals surface area contributed by atoms with Crippen LogP contribution in [0.2, 0.25) is 0 Å². The Bertz CT molecular complexity index is 644. The third-order valence-electron chi connectivity index (χ3n) is 3.13. The lowest BCUT2D eigenvalue weighted by atomic mass is 9.87. The zero-order chi connectivity index (χ0) is 15.3. The third kappa shape index (κ3) is 1.72. The number of ether oxygens (including phenoxy) is 1. The van der Waals surface area contributed by atoms with Crippen molar-refractivity contribution in [3.8, 4) is 5.75 Å². The molecule has 1 aliphatic rings. The summed E-state index contributed by atoms with van der Waals surface area (Å²) >= 11 is 5.87. The molecule has 0 spiro atoms. The molecule has 0 amide bonds. The Morgan fingerprint density at radius 1 is 1.25 bits per heavy atom. The molecule has 0 bridgehead atoms. The van der Waals surface area contributed by atoms with Gasteiger partial charge in [0.1, 0.15) is 5.75 Å². The van der Waals surface area contributed by atoms with E-state index >= 15 is 0 Å². The maximum Gasteiger partial charge on any atom is 0.395 e. The Kier molecular flexibility index (Phi) is 2.94. The van der Waals surface area contributed by atoms with Crippen LogP contribution in [0.15, 0.2) is 18.2 Å². The second-order valence-corrected chi connectivity index (χ2v) is 5.31. The average Bonchev–Trinajstić information content (AvgIpc) is 2.34. The van der Waals surface area contributed by atoms with Crippen LogP contribution in [0, 0.1) is 20.2 Å². The highest BCUT2D eigenvalue weighted by Gasteiger charge is 2.66. The smallest absolute Gasteiger partial charge is 0.395 e. The van der Waals surface area contributed by atoms with Gasteiger partial charge in [0.05, 0.1) is 15.4 Å². The van der Waals surface area contributed by atoms with Crippen molar-refractivity contribution in [2.75, 3.05) is 0 Å². The van der Waals surface area contributed by atoms with E-state index in [-0.39, 0.29) is 17.0 Å². The van der Waals surface area contributed by atoms with Gasteiger partial charge in [-0.15, -0.1) is 0 Å². The number of hydrogen-bond donors (Lipinski definition) is 0. The van der Waals surface area contributed by atoms with E-state index in [9.17, 15) is 25.0 Å². The fraction of sp³-hybridized carbons (Fsp3) is 0.364. The number of hydrogen-bond acceptors (Lipinski definition) is 6. The molecule has 20 heavy (non-hydrogen) atoms. The van der Waals surface area contributed by atoms with Gasteiger partial charge < -0.3 is 4.74 Å². The number of alkyl halides is 1. The Morgan fingerprint density at radius 3 is 2.35 bits per heavy atom. The second kappa shape index (κ2) is 4.14. The number of nitro groups is 2. The van der Waals surface area contributed by atoms with E-state index in [0.29, 0.717) is 0 Å². The standard InChI is InChI=1S/C11H9ClN2O6/c1-10(2)11(12,14(18)19)9(15)7-5-6(13(16)17)3-4-8(7)20-10/h3-5H,1-2H3. The number of carbonyl (C=O) groups excluding carboxylic acids is 1. The van der Waals surface area contributed by atoms with Crippen LogP contribution in [0.1, 0.15) is 24.2 Å². The Balaban J connectivity index is 2.68. The van der Waals surface area contributed by atoms with Gasteiger partial charge in [0.15, 0.2) is 5.60 Å². The summed E-state index contributed by atoms with van der Waals surface area (Å²) in [5, 5.41) is 21.9. The molecule has 1 aromatic carbocycles. The zero-order valence-corrected chi connectivity index (χ0v) is 11.2. The summed E-state index contributed by atoms with van der Waals surface area (Å²) in [6.07, 6.45) is 0. The van der Waals surface area contributed by atoms with Gasteiger partial charge in [0, 0.05) is 12.1 Å². The molecular weight excluding hydrogens is 292 g/mol. The van der Waals surface area contributed by atoms with Crippen molar-refractivity contribution in [3.05, 3.63) is 44.0 Å². The summed E-state index contributed by atoms with van der Waals surface area (Å²) in [5.41, 5.74) is -2.24. The van der Waals surface area contributed by atoms with Crippen LogP contribution in [0.5, 0.6) is 5.75 Å². The molecule has 1 heterocycles. The van der Waals surface area contributed by atoms with Crippen LogP contribution in [0.25, 0.3) is 0 Å². The van der Waals surface area contributed by atoms with E-state index in [1.807, 2.05) is 0 Å². The van der Waals surface area contributed by atoms with Crippen LogP contribution in [-0.4, -0.2) is 26.2 Å². The number of ketones is 1. The molecule has 1 unspecified atom stereocenters. The number of benzene rings is 1. The summed E-state index contributed by atoms with van der Waals surface area (Å²) in [6, 6.07) is 3.30. The highest BCUT2D eigenvalue weighted by atomic mass is 35.5. The van der Waals surface area contributed by atoms with E-state index in [2.05, 4.69) is 0 Å². The van der Waals surface area contributed by atoms with Gasteiger partial charge in [0.2, 0.25) is 0 Å². The first-order valence-electron chi connectivity index (χ1n) is 5.47. The molecule has 106 valence electrons. The van der Waals surface area contributed by atoms with Crippen LogP contribution in [0.3, 0.4) is 0 Å². The summed E-state index contributed by atoms with van der Waals surface area (Å²) in [7, 11) is 0. The van der Waals surface area contributed by atoms with Crippen molar-refractivity contribution >= 4 is 23.1 Å². The van der Waals surface area contributed by atoms with Crippen molar-refractivity contribution in [1.29, 1.82) is 0 Å². The molecule has 1 atom stereocenters. The lowest BCUT2D eigenvalue weighted by molar-refractivity contribution is -0.543. The van der Waals surface area contributed by atoms with E-state index in [4.69, 9.17) is 16.3 Å².